The summed E-state index contributed by atoms with van der Waals surface area (Å²) in [5.74, 6) is 0.376. The minimum atomic E-state index is -1.19. The highest BCUT2D eigenvalue weighted by Gasteiger charge is 2.25. The van der Waals surface area contributed by atoms with Gasteiger partial charge in [0.2, 0.25) is 0 Å². The molecule has 1 saturated carbocycles. The second kappa shape index (κ2) is 6.56. The zero-order chi connectivity index (χ0) is 19.2. The van der Waals surface area contributed by atoms with E-state index in [4.69, 9.17) is 0 Å². The van der Waals surface area contributed by atoms with Crippen LogP contribution in [0, 0.1) is 11.7 Å². The standard InChI is InChI=1S/C20H24FN5O/c1-20(2,27)17-9-15(21)6-7-16(17)19-18(23-25(3)24-19)8-14-10-22-26(12-14)11-13-4-5-13/h6-7,9-10,12-13,27H,4-5,8,11H2,1-3H3. The fourth-order valence-electron chi connectivity index (χ4n) is 3.36. The molecule has 1 aliphatic rings. The molecule has 0 saturated heterocycles. The molecule has 2 aromatic heterocycles. The first kappa shape index (κ1) is 17.9. The highest BCUT2D eigenvalue weighted by molar-refractivity contribution is 5.67. The topological polar surface area (TPSA) is 68.8 Å². The van der Waals surface area contributed by atoms with Crippen molar-refractivity contribution in [3.05, 3.63) is 53.2 Å². The van der Waals surface area contributed by atoms with Crippen LogP contribution in [0.3, 0.4) is 0 Å². The zero-order valence-electron chi connectivity index (χ0n) is 15.9. The van der Waals surface area contributed by atoms with E-state index in [2.05, 4.69) is 21.5 Å². The van der Waals surface area contributed by atoms with Crippen molar-refractivity contribution in [2.75, 3.05) is 0 Å². The summed E-state index contributed by atoms with van der Waals surface area (Å²) < 4.78 is 15.8. The van der Waals surface area contributed by atoms with Gasteiger partial charge in [-0.25, -0.2) is 4.39 Å². The van der Waals surface area contributed by atoms with Crippen LogP contribution in [0.1, 0.15) is 43.5 Å². The molecule has 142 valence electrons. The van der Waals surface area contributed by atoms with Gasteiger partial charge in [-0.15, -0.1) is 0 Å². The van der Waals surface area contributed by atoms with Crippen LogP contribution in [0.15, 0.2) is 30.6 Å². The van der Waals surface area contributed by atoms with Gasteiger partial charge in [0.25, 0.3) is 0 Å². The Hall–Kier alpha value is -2.54. The second-order valence-electron chi connectivity index (χ2n) is 7.92. The lowest BCUT2D eigenvalue weighted by Gasteiger charge is -2.21. The minimum Gasteiger partial charge on any atom is -0.386 e. The van der Waals surface area contributed by atoms with Crippen LogP contribution in [0.5, 0.6) is 0 Å². The number of halogens is 1. The van der Waals surface area contributed by atoms with Gasteiger partial charge < -0.3 is 5.11 Å². The van der Waals surface area contributed by atoms with Gasteiger partial charge in [-0.1, -0.05) is 0 Å². The molecular weight excluding hydrogens is 345 g/mol. The lowest BCUT2D eigenvalue weighted by Crippen LogP contribution is -2.17. The molecule has 0 amide bonds. The molecule has 1 fully saturated rings. The summed E-state index contributed by atoms with van der Waals surface area (Å²) in [5.41, 5.74) is 2.49. The first-order valence-electron chi connectivity index (χ1n) is 9.24. The van der Waals surface area contributed by atoms with Gasteiger partial charge in [0.05, 0.1) is 17.5 Å². The molecule has 1 N–H and O–H groups in total. The number of aryl methyl sites for hydroxylation is 1. The predicted octanol–water partition coefficient (Wildman–Crippen LogP) is 3.05. The third kappa shape index (κ3) is 3.93. The summed E-state index contributed by atoms with van der Waals surface area (Å²) in [5, 5.41) is 23.9. The molecule has 1 aliphatic carbocycles. The van der Waals surface area contributed by atoms with Gasteiger partial charge in [0, 0.05) is 31.8 Å². The largest absolute Gasteiger partial charge is 0.386 e. The average molecular weight is 369 g/mol. The van der Waals surface area contributed by atoms with E-state index in [9.17, 15) is 9.50 Å². The fraction of sp³-hybridized carbons (Fsp3) is 0.450. The van der Waals surface area contributed by atoms with E-state index in [1.54, 1.807) is 27.0 Å². The van der Waals surface area contributed by atoms with Crippen LogP contribution in [-0.2, 0) is 25.6 Å². The van der Waals surface area contributed by atoms with Crippen molar-refractivity contribution in [1.82, 2.24) is 24.8 Å². The average Bonchev–Trinajstić information content (AvgIpc) is 3.17. The number of rotatable bonds is 6. The maximum atomic E-state index is 13.8. The number of hydrogen-bond acceptors (Lipinski definition) is 4. The molecule has 27 heavy (non-hydrogen) atoms. The van der Waals surface area contributed by atoms with Gasteiger partial charge in [-0.2, -0.15) is 20.1 Å². The van der Waals surface area contributed by atoms with E-state index in [0.29, 0.717) is 23.2 Å². The van der Waals surface area contributed by atoms with Gasteiger partial charge >= 0.3 is 0 Å². The molecule has 3 aromatic rings. The van der Waals surface area contributed by atoms with E-state index >= 15 is 0 Å². The van der Waals surface area contributed by atoms with Gasteiger partial charge in [-0.3, -0.25) is 4.68 Å². The summed E-state index contributed by atoms with van der Waals surface area (Å²) in [6.45, 7) is 4.25. The van der Waals surface area contributed by atoms with E-state index < -0.39 is 5.60 Å². The van der Waals surface area contributed by atoms with Crippen molar-refractivity contribution in [3.63, 3.8) is 0 Å². The maximum absolute atomic E-state index is 13.8. The number of aromatic nitrogens is 5. The quantitative estimate of drug-likeness (QED) is 0.725. The van der Waals surface area contributed by atoms with Gasteiger partial charge in [-0.05, 0) is 61.9 Å². The van der Waals surface area contributed by atoms with Gasteiger partial charge in [0.1, 0.15) is 11.5 Å². The molecule has 0 aliphatic heterocycles. The van der Waals surface area contributed by atoms with E-state index in [1.807, 2.05) is 10.9 Å². The molecule has 0 bridgehead atoms. The summed E-state index contributed by atoms with van der Waals surface area (Å²) in [6.07, 6.45) is 7.07. The van der Waals surface area contributed by atoms with Crippen LogP contribution < -0.4 is 0 Å². The lowest BCUT2D eigenvalue weighted by molar-refractivity contribution is 0.0788. The van der Waals surface area contributed by atoms with Crippen molar-refractivity contribution in [3.8, 4) is 11.3 Å². The highest BCUT2D eigenvalue weighted by Crippen LogP contribution is 2.33. The Kier molecular flexibility index (Phi) is 4.34. The van der Waals surface area contributed by atoms with Crippen molar-refractivity contribution in [1.29, 1.82) is 0 Å². The Balaban J connectivity index is 1.68. The first-order chi connectivity index (χ1) is 12.8. The molecule has 2 heterocycles. The van der Waals surface area contributed by atoms with Crippen LogP contribution in [0.25, 0.3) is 11.3 Å². The number of hydrogen-bond donors (Lipinski definition) is 1. The summed E-state index contributed by atoms with van der Waals surface area (Å²) in [6, 6.07) is 4.41. The highest BCUT2D eigenvalue weighted by atomic mass is 19.1. The maximum Gasteiger partial charge on any atom is 0.123 e. The SMILES string of the molecule is Cn1nc(Cc2cnn(CC3CC3)c2)c(-c2ccc(F)cc2C(C)(C)O)n1. The van der Waals surface area contributed by atoms with E-state index in [1.165, 1.54) is 29.8 Å². The summed E-state index contributed by atoms with van der Waals surface area (Å²) in [7, 11) is 1.76. The second-order valence-corrected chi connectivity index (χ2v) is 7.92. The van der Waals surface area contributed by atoms with Crippen LogP contribution >= 0.6 is 0 Å². The van der Waals surface area contributed by atoms with Crippen molar-refractivity contribution in [2.24, 2.45) is 13.0 Å². The molecule has 0 radical (unpaired) electrons. The molecule has 4 rings (SSSR count). The molecular formula is C20H24FN5O. The monoisotopic (exact) mass is 369 g/mol. The first-order valence-corrected chi connectivity index (χ1v) is 9.24. The molecule has 7 heteroatoms. The molecule has 1 aromatic carbocycles. The minimum absolute atomic E-state index is 0.386. The van der Waals surface area contributed by atoms with Crippen LogP contribution in [0.2, 0.25) is 0 Å². The fourth-order valence-corrected chi connectivity index (χ4v) is 3.36. The van der Waals surface area contributed by atoms with E-state index in [-0.39, 0.29) is 5.82 Å². The number of aliphatic hydroxyl groups is 1. The zero-order valence-corrected chi connectivity index (χ0v) is 15.9. The summed E-state index contributed by atoms with van der Waals surface area (Å²) >= 11 is 0. The smallest absolute Gasteiger partial charge is 0.123 e. The van der Waals surface area contributed by atoms with Crippen LogP contribution in [0.4, 0.5) is 4.39 Å². The third-order valence-corrected chi connectivity index (χ3v) is 4.88. The third-order valence-electron chi connectivity index (χ3n) is 4.88. The molecule has 6 nitrogen and oxygen atoms in total. The normalized spacial score (nSPS) is 14.7. The Morgan fingerprint density at radius 3 is 2.74 bits per heavy atom. The molecule has 0 spiro atoms. The number of nitrogens with zero attached hydrogens (tertiary/aromatic N) is 5. The summed E-state index contributed by atoms with van der Waals surface area (Å²) in [4.78, 5) is 1.51. The Morgan fingerprint density at radius 2 is 2.04 bits per heavy atom. The Labute approximate surface area is 157 Å². The van der Waals surface area contributed by atoms with Crippen LogP contribution in [-0.4, -0.2) is 29.9 Å². The number of benzene rings is 1. The predicted molar refractivity (Wildman–Crippen MR) is 99.4 cm³/mol. The Morgan fingerprint density at radius 1 is 1.26 bits per heavy atom. The van der Waals surface area contributed by atoms with Crippen molar-refractivity contribution >= 4 is 0 Å². The Bertz CT molecular complexity index is 965. The molecule has 0 atom stereocenters. The molecule has 0 unspecified atom stereocenters. The van der Waals surface area contributed by atoms with Crippen molar-refractivity contribution in [2.45, 2.75) is 45.3 Å². The van der Waals surface area contributed by atoms with Crippen molar-refractivity contribution < 1.29 is 9.50 Å². The van der Waals surface area contributed by atoms with Gasteiger partial charge in [0.15, 0.2) is 0 Å². The lowest BCUT2D eigenvalue weighted by atomic mass is 9.90. The van der Waals surface area contributed by atoms with E-state index in [0.717, 1.165) is 23.7 Å².